The Kier molecular flexibility index (Phi) is 4.72. The summed E-state index contributed by atoms with van der Waals surface area (Å²) in [7, 11) is -1.59. The van der Waals surface area contributed by atoms with Gasteiger partial charge in [-0.15, -0.1) is 0 Å². The summed E-state index contributed by atoms with van der Waals surface area (Å²) in [6.07, 6.45) is 4.23. The second kappa shape index (κ2) is 5.65. The van der Waals surface area contributed by atoms with Gasteiger partial charge in [0, 0.05) is 0 Å². The first kappa shape index (κ1) is 14.2. The summed E-state index contributed by atoms with van der Waals surface area (Å²) in [6.45, 7) is 12.1. The van der Waals surface area contributed by atoms with Crippen molar-refractivity contribution >= 4 is 14.4 Å². The topological polar surface area (TPSA) is 9.23 Å². The fourth-order valence-electron chi connectivity index (χ4n) is 1.22. The van der Waals surface area contributed by atoms with Crippen LogP contribution in [0, 0.1) is 0 Å². The van der Waals surface area contributed by atoms with E-state index in [0.717, 1.165) is 0 Å². The normalized spacial score (nSPS) is 13.2. The van der Waals surface area contributed by atoms with Crippen molar-refractivity contribution in [3.8, 4) is 0 Å². The first-order valence-corrected chi connectivity index (χ1v) is 9.09. The third-order valence-electron chi connectivity index (χ3n) is 3.46. The molecule has 0 saturated heterocycles. The van der Waals surface area contributed by atoms with E-state index in [1.165, 1.54) is 5.56 Å². The lowest BCUT2D eigenvalue weighted by molar-refractivity contribution is 0.328. The van der Waals surface area contributed by atoms with Gasteiger partial charge in [-0.3, -0.25) is 0 Å². The molecule has 0 aliphatic carbocycles. The molecule has 0 atom stereocenters. The van der Waals surface area contributed by atoms with Crippen molar-refractivity contribution in [1.29, 1.82) is 0 Å². The molecule has 0 heterocycles. The van der Waals surface area contributed by atoms with Crippen LogP contribution in [0.1, 0.15) is 26.3 Å². The van der Waals surface area contributed by atoms with Gasteiger partial charge in [-0.1, -0.05) is 63.3 Å². The van der Waals surface area contributed by atoms with E-state index < -0.39 is 8.32 Å². The van der Waals surface area contributed by atoms with E-state index in [4.69, 9.17) is 4.43 Å². The Balaban J connectivity index is 2.46. The van der Waals surface area contributed by atoms with E-state index in [1.54, 1.807) is 0 Å². The standard InChI is InChI=1S/C15H24OSi/c1-15(2,3)17(4,5)16-13-9-12-14-10-7-6-8-11-14/h6-12H,13H2,1-5H3/b12-9-. The van der Waals surface area contributed by atoms with Crippen molar-refractivity contribution in [3.05, 3.63) is 42.0 Å². The van der Waals surface area contributed by atoms with Gasteiger partial charge in [0.1, 0.15) is 0 Å². The summed E-state index contributed by atoms with van der Waals surface area (Å²) >= 11 is 0. The predicted molar refractivity (Wildman–Crippen MR) is 78.6 cm³/mol. The third-order valence-corrected chi connectivity index (χ3v) is 7.96. The molecule has 0 saturated carbocycles. The first-order chi connectivity index (χ1) is 7.83. The molecule has 0 amide bonds. The van der Waals surface area contributed by atoms with E-state index in [-0.39, 0.29) is 5.04 Å². The lowest BCUT2D eigenvalue weighted by atomic mass is 10.2. The van der Waals surface area contributed by atoms with Crippen LogP contribution in [0.3, 0.4) is 0 Å². The number of hydrogen-bond donors (Lipinski definition) is 0. The average Bonchev–Trinajstić information content (AvgIpc) is 2.24. The van der Waals surface area contributed by atoms with E-state index >= 15 is 0 Å². The molecule has 17 heavy (non-hydrogen) atoms. The Morgan fingerprint density at radius 3 is 2.24 bits per heavy atom. The quantitative estimate of drug-likeness (QED) is 0.700. The molecule has 0 aromatic heterocycles. The maximum Gasteiger partial charge on any atom is 0.192 e. The average molecular weight is 248 g/mol. The molecule has 0 bridgehead atoms. The zero-order valence-electron chi connectivity index (χ0n) is 11.7. The minimum absolute atomic E-state index is 0.285. The summed E-state index contributed by atoms with van der Waals surface area (Å²) in [5.41, 5.74) is 1.23. The molecule has 0 aliphatic heterocycles. The molecule has 0 radical (unpaired) electrons. The van der Waals surface area contributed by atoms with Gasteiger partial charge in [-0.2, -0.15) is 0 Å². The van der Waals surface area contributed by atoms with Crippen molar-refractivity contribution in [3.63, 3.8) is 0 Å². The fourth-order valence-corrected chi connectivity index (χ4v) is 2.17. The van der Waals surface area contributed by atoms with Crippen molar-refractivity contribution in [1.82, 2.24) is 0 Å². The Bertz CT molecular complexity index is 360. The number of hydrogen-bond acceptors (Lipinski definition) is 1. The van der Waals surface area contributed by atoms with Crippen molar-refractivity contribution in [2.45, 2.75) is 38.9 Å². The van der Waals surface area contributed by atoms with Crippen LogP contribution < -0.4 is 0 Å². The molecule has 1 rings (SSSR count). The van der Waals surface area contributed by atoms with Gasteiger partial charge in [0.15, 0.2) is 8.32 Å². The van der Waals surface area contributed by atoms with Crippen LogP contribution in [-0.4, -0.2) is 14.9 Å². The van der Waals surface area contributed by atoms with Gasteiger partial charge in [0.25, 0.3) is 0 Å². The Labute approximate surface area is 107 Å². The molecule has 0 aliphatic rings. The second-order valence-electron chi connectivity index (χ2n) is 5.88. The summed E-state index contributed by atoms with van der Waals surface area (Å²) < 4.78 is 6.07. The maximum atomic E-state index is 6.07. The Morgan fingerprint density at radius 2 is 1.71 bits per heavy atom. The van der Waals surface area contributed by atoms with Crippen molar-refractivity contribution in [2.24, 2.45) is 0 Å². The van der Waals surface area contributed by atoms with Gasteiger partial charge in [-0.05, 0) is 23.7 Å². The van der Waals surface area contributed by atoms with Gasteiger partial charge in [0.2, 0.25) is 0 Å². The van der Waals surface area contributed by atoms with E-state index in [0.29, 0.717) is 6.61 Å². The molecule has 0 unspecified atom stereocenters. The smallest absolute Gasteiger partial charge is 0.192 e. The van der Waals surface area contributed by atoms with Gasteiger partial charge in [0.05, 0.1) is 6.61 Å². The number of benzene rings is 1. The summed E-state index contributed by atoms with van der Waals surface area (Å²) in [6, 6.07) is 10.3. The van der Waals surface area contributed by atoms with E-state index in [1.807, 2.05) is 18.2 Å². The zero-order valence-corrected chi connectivity index (χ0v) is 12.7. The minimum Gasteiger partial charge on any atom is -0.413 e. The van der Waals surface area contributed by atoms with Crippen LogP contribution in [-0.2, 0) is 4.43 Å². The van der Waals surface area contributed by atoms with E-state index in [2.05, 4.69) is 58.2 Å². The molecule has 2 heteroatoms. The third kappa shape index (κ3) is 4.48. The highest BCUT2D eigenvalue weighted by molar-refractivity contribution is 6.74. The highest BCUT2D eigenvalue weighted by atomic mass is 28.4. The highest BCUT2D eigenvalue weighted by Crippen LogP contribution is 2.36. The molecule has 0 spiro atoms. The molecule has 1 aromatic carbocycles. The van der Waals surface area contributed by atoms with E-state index in [9.17, 15) is 0 Å². The lowest BCUT2D eigenvalue weighted by Gasteiger charge is -2.35. The fraction of sp³-hybridized carbons (Fsp3) is 0.467. The van der Waals surface area contributed by atoms with Crippen molar-refractivity contribution in [2.75, 3.05) is 6.61 Å². The largest absolute Gasteiger partial charge is 0.413 e. The summed E-state index contributed by atoms with van der Waals surface area (Å²) in [5, 5.41) is 0.285. The van der Waals surface area contributed by atoms with Crippen LogP contribution in [0.15, 0.2) is 36.4 Å². The van der Waals surface area contributed by atoms with Crippen LogP contribution in [0.2, 0.25) is 18.1 Å². The lowest BCUT2D eigenvalue weighted by Crippen LogP contribution is -2.40. The summed E-state index contributed by atoms with van der Waals surface area (Å²) in [5.74, 6) is 0. The molecule has 94 valence electrons. The first-order valence-electron chi connectivity index (χ1n) is 6.18. The van der Waals surface area contributed by atoms with Crippen LogP contribution >= 0.6 is 0 Å². The number of rotatable bonds is 4. The SMILES string of the molecule is CC(C)(C)[Si](C)(C)OC/C=C\c1ccccc1. The molecule has 0 fully saturated rings. The maximum absolute atomic E-state index is 6.07. The zero-order chi connectivity index (χ0) is 12.9. The van der Waals surface area contributed by atoms with Gasteiger partial charge < -0.3 is 4.43 Å². The second-order valence-corrected chi connectivity index (χ2v) is 10.7. The highest BCUT2D eigenvalue weighted by Gasteiger charge is 2.36. The van der Waals surface area contributed by atoms with Crippen LogP contribution in [0.5, 0.6) is 0 Å². The predicted octanol–water partition coefficient (Wildman–Crippen LogP) is 4.72. The minimum atomic E-state index is -1.59. The summed E-state index contributed by atoms with van der Waals surface area (Å²) in [4.78, 5) is 0. The Morgan fingerprint density at radius 1 is 1.12 bits per heavy atom. The molecular formula is C15H24OSi. The van der Waals surface area contributed by atoms with Gasteiger partial charge >= 0.3 is 0 Å². The molecule has 1 aromatic rings. The molecular weight excluding hydrogens is 224 g/mol. The molecule has 0 N–H and O–H groups in total. The van der Waals surface area contributed by atoms with Crippen molar-refractivity contribution < 1.29 is 4.43 Å². The molecule has 1 nitrogen and oxygen atoms in total. The van der Waals surface area contributed by atoms with Crippen LogP contribution in [0.4, 0.5) is 0 Å². The Hall–Kier alpha value is -0.863. The monoisotopic (exact) mass is 248 g/mol. The van der Waals surface area contributed by atoms with Gasteiger partial charge in [-0.25, -0.2) is 0 Å². The van der Waals surface area contributed by atoms with Crippen LogP contribution in [0.25, 0.3) is 6.08 Å².